The Hall–Kier alpha value is -2.30. The summed E-state index contributed by atoms with van der Waals surface area (Å²) in [4.78, 5) is 12.8. The van der Waals surface area contributed by atoms with E-state index in [4.69, 9.17) is 0 Å². The molecule has 3 aromatic heterocycles. The van der Waals surface area contributed by atoms with Gasteiger partial charge in [0.2, 0.25) is 0 Å². The van der Waals surface area contributed by atoms with Crippen molar-refractivity contribution in [2.45, 2.75) is 19.8 Å². The fourth-order valence-electron chi connectivity index (χ4n) is 2.01. The van der Waals surface area contributed by atoms with E-state index in [0.29, 0.717) is 5.92 Å². The van der Waals surface area contributed by atoms with Crippen molar-refractivity contribution < 1.29 is 0 Å². The van der Waals surface area contributed by atoms with Gasteiger partial charge >= 0.3 is 0 Å². The van der Waals surface area contributed by atoms with E-state index in [1.54, 1.807) is 12.5 Å². The Morgan fingerprint density at radius 3 is 2.83 bits per heavy atom. The average Bonchev–Trinajstić information content (AvgIpc) is 2.85. The van der Waals surface area contributed by atoms with Crippen LogP contribution in [0.2, 0.25) is 0 Å². The Balaban J connectivity index is 2.19. The lowest BCUT2D eigenvalue weighted by Crippen LogP contribution is -1.97. The lowest BCUT2D eigenvalue weighted by Gasteiger charge is -2.10. The van der Waals surface area contributed by atoms with Crippen LogP contribution < -0.4 is 0 Å². The van der Waals surface area contributed by atoms with Gasteiger partial charge < -0.3 is 0 Å². The van der Waals surface area contributed by atoms with Crippen LogP contribution in [0.3, 0.4) is 0 Å². The summed E-state index contributed by atoms with van der Waals surface area (Å²) in [5.74, 6) is 0.350. The summed E-state index contributed by atoms with van der Waals surface area (Å²) in [5, 5.41) is 7.81. The maximum absolute atomic E-state index is 4.36. The van der Waals surface area contributed by atoms with E-state index >= 15 is 0 Å². The summed E-state index contributed by atoms with van der Waals surface area (Å²) in [7, 11) is 0. The van der Waals surface area contributed by atoms with E-state index in [9.17, 15) is 0 Å². The number of nitrogens with one attached hydrogen (secondary N) is 1. The predicted molar refractivity (Wildman–Crippen MR) is 69.0 cm³/mol. The molecule has 0 fully saturated rings. The molecule has 0 spiro atoms. The zero-order chi connectivity index (χ0) is 12.5. The smallest absolute Gasteiger partial charge is 0.155 e. The van der Waals surface area contributed by atoms with E-state index < -0.39 is 0 Å². The van der Waals surface area contributed by atoms with Gasteiger partial charge in [-0.1, -0.05) is 13.8 Å². The highest BCUT2D eigenvalue weighted by molar-refractivity contribution is 5.80. The van der Waals surface area contributed by atoms with Gasteiger partial charge in [0.05, 0.1) is 11.9 Å². The normalized spacial score (nSPS) is 11.3. The highest BCUT2D eigenvalue weighted by atomic mass is 15.1. The van der Waals surface area contributed by atoms with Gasteiger partial charge in [0.1, 0.15) is 6.33 Å². The molecule has 5 heteroatoms. The monoisotopic (exact) mass is 239 g/mol. The molecule has 1 N–H and O–H groups in total. The van der Waals surface area contributed by atoms with Crippen molar-refractivity contribution in [1.82, 2.24) is 25.1 Å². The van der Waals surface area contributed by atoms with Crippen molar-refractivity contribution in [2.24, 2.45) is 0 Å². The van der Waals surface area contributed by atoms with E-state index in [-0.39, 0.29) is 0 Å². The Morgan fingerprint density at radius 1 is 1.11 bits per heavy atom. The van der Waals surface area contributed by atoms with Crippen LogP contribution >= 0.6 is 0 Å². The second-order valence-corrected chi connectivity index (χ2v) is 4.51. The Bertz CT molecular complexity index is 686. The van der Waals surface area contributed by atoms with Crippen LogP contribution in [0.15, 0.2) is 31.0 Å². The first kappa shape index (κ1) is 10.8. The molecule has 0 unspecified atom stereocenters. The molecule has 18 heavy (non-hydrogen) atoms. The number of hydrogen-bond acceptors (Lipinski definition) is 4. The van der Waals surface area contributed by atoms with Crippen molar-refractivity contribution in [3.63, 3.8) is 0 Å². The Labute approximate surface area is 104 Å². The van der Waals surface area contributed by atoms with Gasteiger partial charge in [0.15, 0.2) is 5.65 Å². The van der Waals surface area contributed by atoms with Crippen LogP contribution in [0, 0.1) is 0 Å². The van der Waals surface area contributed by atoms with E-state index in [0.717, 1.165) is 27.9 Å². The van der Waals surface area contributed by atoms with Crippen LogP contribution in [-0.4, -0.2) is 25.1 Å². The molecule has 0 aliphatic rings. The van der Waals surface area contributed by atoms with Gasteiger partial charge in [-0.15, -0.1) is 0 Å². The summed E-state index contributed by atoms with van der Waals surface area (Å²) in [6, 6.07) is 2.05. The molecule has 0 aliphatic carbocycles. The molecule has 3 rings (SSSR count). The number of hydrogen-bond donors (Lipinski definition) is 1. The van der Waals surface area contributed by atoms with Crippen LogP contribution in [-0.2, 0) is 0 Å². The second-order valence-electron chi connectivity index (χ2n) is 4.51. The number of rotatable bonds is 2. The number of nitrogens with zero attached hydrogens (tertiary/aromatic N) is 4. The van der Waals surface area contributed by atoms with E-state index in [1.165, 1.54) is 0 Å². The molecule has 0 atom stereocenters. The maximum atomic E-state index is 4.36. The van der Waals surface area contributed by atoms with Gasteiger partial charge in [-0.25, -0.2) is 15.0 Å². The summed E-state index contributed by atoms with van der Waals surface area (Å²) in [6.45, 7) is 4.24. The molecule has 5 nitrogen and oxygen atoms in total. The molecule has 0 saturated heterocycles. The largest absolute Gasteiger partial charge is 0.261 e. The van der Waals surface area contributed by atoms with E-state index in [1.807, 2.05) is 12.4 Å². The topological polar surface area (TPSA) is 67.3 Å². The van der Waals surface area contributed by atoms with Crippen LogP contribution in [0.4, 0.5) is 0 Å². The van der Waals surface area contributed by atoms with E-state index in [2.05, 4.69) is 45.1 Å². The summed E-state index contributed by atoms with van der Waals surface area (Å²) >= 11 is 0. The molecule has 0 saturated carbocycles. The number of aromatic nitrogens is 5. The molecule has 90 valence electrons. The minimum absolute atomic E-state index is 0.350. The highest BCUT2D eigenvalue weighted by Gasteiger charge is 2.11. The first-order chi connectivity index (χ1) is 8.75. The first-order valence-corrected chi connectivity index (χ1v) is 5.85. The second kappa shape index (κ2) is 4.18. The summed E-state index contributed by atoms with van der Waals surface area (Å²) in [5.41, 5.74) is 3.88. The van der Waals surface area contributed by atoms with Crippen molar-refractivity contribution in [2.75, 3.05) is 0 Å². The quantitative estimate of drug-likeness (QED) is 0.746. The van der Waals surface area contributed by atoms with Crippen LogP contribution in [0.25, 0.3) is 22.2 Å². The van der Waals surface area contributed by atoms with Crippen molar-refractivity contribution in [3.05, 3.63) is 36.7 Å². The third-order valence-corrected chi connectivity index (χ3v) is 2.89. The maximum Gasteiger partial charge on any atom is 0.155 e. The highest BCUT2D eigenvalue weighted by Crippen LogP contribution is 2.27. The zero-order valence-electron chi connectivity index (χ0n) is 10.3. The van der Waals surface area contributed by atoms with Crippen molar-refractivity contribution in [1.29, 1.82) is 0 Å². The number of aromatic amines is 1. The minimum Gasteiger partial charge on any atom is -0.261 e. The number of H-pyrrole nitrogens is 1. The van der Waals surface area contributed by atoms with Gasteiger partial charge in [-0.3, -0.25) is 5.10 Å². The summed E-state index contributed by atoms with van der Waals surface area (Å²) < 4.78 is 0. The fourth-order valence-corrected chi connectivity index (χ4v) is 2.01. The van der Waals surface area contributed by atoms with Crippen LogP contribution in [0.5, 0.6) is 0 Å². The molecule has 3 aromatic rings. The third-order valence-electron chi connectivity index (χ3n) is 2.89. The number of pyridine rings is 1. The fraction of sp³-hybridized carbons (Fsp3) is 0.231. The third kappa shape index (κ3) is 1.73. The predicted octanol–water partition coefficient (Wildman–Crippen LogP) is 2.54. The van der Waals surface area contributed by atoms with Gasteiger partial charge in [-0.2, -0.15) is 5.10 Å². The van der Waals surface area contributed by atoms with Gasteiger partial charge in [0.25, 0.3) is 0 Å². The molecule has 0 bridgehead atoms. The zero-order valence-corrected chi connectivity index (χ0v) is 10.3. The standard InChI is InChI=1S/C13H13N5/c1-8(2)12-11(6-14-7-16-12)9-3-10-5-17-18-13(10)15-4-9/h3-8H,1-2H3,(H,15,17,18). The van der Waals surface area contributed by atoms with Crippen molar-refractivity contribution >= 4 is 11.0 Å². The minimum atomic E-state index is 0.350. The Kier molecular flexibility index (Phi) is 2.51. The van der Waals surface area contributed by atoms with Gasteiger partial charge in [0, 0.05) is 28.9 Å². The van der Waals surface area contributed by atoms with Gasteiger partial charge in [-0.05, 0) is 12.0 Å². The molecule has 0 amide bonds. The lowest BCUT2D eigenvalue weighted by molar-refractivity contribution is 0.817. The number of fused-ring (bicyclic) bond motifs is 1. The Morgan fingerprint density at radius 2 is 2.00 bits per heavy atom. The van der Waals surface area contributed by atoms with Crippen LogP contribution in [0.1, 0.15) is 25.5 Å². The SMILES string of the molecule is CC(C)c1ncncc1-c1cnc2[nH]ncc2c1. The first-order valence-electron chi connectivity index (χ1n) is 5.85. The molecular formula is C13H13N5. The molecule has 3 heterocycles. The molecule has 0 aliphatic heterocycles. The average molecular weight is 239 g/mol. The molecular weight excluding hydrogens is 226 g/mol. The van der Waals surface area contributed by atoms with Crippen molar-refractivity contribution in [3.8, 4) is 11.1 Å². The molecule has 0 aromatic carbocycles. The summed E-state index contributed by atoms with van der Waals surface area (Å²) in [6.07, 6.45) is 7.02. The lowest BCUT2D eigenvalue weighted by atomic mass is 10.00. The molecule has 0 radical (unpaired) electrons.